The molecule has 110 valence electrons. The summed E-state index contributed by atoms with van der Waals surface area (Å²) in [6.07, 6.45) is 7.39. The van der Waals surface area contributed by atoms with Crippen LogP contribution < -0.4 is 16.4 Å². The fourth-order valence-corrected chi connectivity index (χ4v) is 2.99. The molecule has 0 radical (unpaired) electrons. The number of nitrogens with one attached hydrogen (secondary N) is 2. The SMILES string of the molecule is CCC(NC(=O)Nc1ccc(N)cc1)C1CCCCC1. The molecule has 1 atom stereocenters. The van der Waals surface area contributed by atoms with Crippen molar-refractivity contribution < 1.29 is 4.79 Å². The summed E-state index contributed by atoms with van der Waals surface area (Å²) in [5.74, 6) is 0.630. The molecule has 1 aromatic rings. The second-order valence-electron chi connectivity index (χ2n) is 5.63. The molecule has 1 aromatic carbocycles. The van der Waals surface area contributed by atoms with Gasteiger partial charge in [0.25, 0.3) is 0 Å². The first-order valence-corrected chi connectivity index (χ1v) is 7.62. The number of carbonyl (C=O) groups excluding carboxylic acids is 1. The van der Waals surface area contributed by atoms with Crippen LogP contribution in [-0.4, -0.2) is 12.1 Å². The number of nitrogen functional groups attached to an aromatic ring is 1. The Morgan fingerprint density at radius 1 is 1.25 bits per heavy atom. The van der Waals surface area contributed by atoms with Crippen molar-refractivity contribution in [2.75, 3.05) is 11.1 Å². The highest BCUT2D eigenvalue weighted by atomic mass is 16.2. The lowest BCUT2D eigenvalue weighted by atomic mass is 9.83. The van der Waals surface area contributed by atoms with Gasteiger partial charge in [-0.3, -0.25) is 0 Å². The zero-order valence-corrected chi connectivity index (χ0v) is 12.2. The van der Waals surface area contributed by atoms with Crippen molar-refractivity contribution >= 4 is 17.4 Å². The zero-order chi connectivity index (χ0) is 14.4. The van der Waals surface area contributed by atoms with Gasteiger partial charge in [-0.2, -0.15) is 0 Å². The molecule has 0 aliphatic heterocycles. The molecular formula is C16H25N3O. The second-order valence-corrected chi connectivity index (χ2v) is 5.63. The van der Waals surface area contributed by atoms with Crippen LogP contribution in [0.15, 0.2) is 24.3 Å². The second kappa shape index (κ2) is 7.17. The molecule has 1 unspecified atom stereocenters. The van der Waals surface area contributed by atoms with Gasteiger partial charge < -0.3 is 16.4 Å². The van der Waals surface area contributed by atoms with Crippen molar-refractivity contribution in [3.63, 3.8) is 0 Å². The van der Waals surface area contributed by atoms with Crippen molar-refractivity contribution in [1.82, 2.24) is 5.32 Å². The Kier molecular flexibility index (Phi) is 5.27. The zero-order valence-electron chi connectivity index (χ0n) is 12.2. The summed E-state index contributed by atoms with van der Waals surface area (Å²) in [6.45, 7) is 2.14. The Hall–Kier alpha value is -1.71. The Morgan fingerprint density at radius 3 is 2.50 bits per heavy atom. The minimum Gasteiger partial charge on any atom is -0.399 e. The van der Waals surface area contributed by atoms with Gasteiger partial charge in [-0.25, -0.2) is 4.79 Å². The van der Waals surface area contributed by atoms with Crippen LogP contribution in [-0.2, 0) is 0 Å². The maximum absolute atomic E-state index is 12.1. The highest BCUT2D eigenvalue weighted by Crippen LogP contribution is 2.27. The molecule has 2 amide bonds. The van der Waals surface area contributed by atoms with E-state index in [1.807, 2.05) is 12.1 Å². The quantitative estimate of drug-likeness (QED) is 0.733. The minimum absolute atomic E-state index is 0.118. The fourth-order valence-electron chi connectivity index (χ4n) is 2.99. The van der Waals surface area contributed by atoms with Crippen LogP contribution in [0.25, 0.3) is 0 Å². The standard InChI is InChI=1S/C16H25N3O/c1-2-15(12-6-4-3-5-7-12)19-16(20)18-14-10-8-13(17)9-11-14/h8-12,15H,2-7,17H2,1H3,(H2,18,19,20). The van der Waals surface area contributed by atoms with Crippen LogP contribution >= 0.6 is 0 Å². The van der Waals surface area contributed by atoms with E-state index in [0.29, 0.717) is 11.6 Å². The van der Waals surface area contributed by atoms with Gasteiger partial charge in [-0.1, -0.05) is 26.2 Å². The summed E-state index contributed by atoms with van der Waals surface area (Å²) in [4.78, 5) is 12.1. The van der Waals surface area contributed by atoms with E-state index >= 15 is 0 Å². The first-order chi connectivity index (χ1) is 9.69. The molecule has 1 fully saturated rings. The predicted octanol–water partition coefficient (Wildman–Crippen LogP) is 3.75. The molecule has 1 aliphatic carbocycles. The van der Waals surface area contributed by atoms with Crippen molar-refractivity contribution in [3.8, 4) is 0 Å². The van der Waals surface area contributed by atoms with Gasteiger partial charge in [-0.05, 0) is 49.4 Å². The molecule has 4 nitrogen and oxygen atoms in total. The Morgan fingerprint density at radius 2 is 1.90 bits per heavy atom. The van der Waals surface area contributed by atoms with Crippen LogP contribution in [0.5, 0.6) is 0 Å². The molecule has 2 rings (SSSR count). The lowest BCUT2D eigenvalue weighted by molar-refractivity contribution is 0.229. The third kappa shape index (κ3) is 4.15. The highest BCUT2D eigenvalue weighted by Gasteiger charge is 2.23. The highest BCUT2D eigenvalue weighted by molar-refractivity contribution is 5.89. The summed E-state index contributed by atoms with van der Waals surface area (Å²) in [5.41, 5.74) is 7.10. The number of anilines is 2. The molecule has 4 N–H and O–H groups in total. The maximum Gasteiger partial charge on any atom is 0.319 e. The Balaban J connectivity index is 1.86. The molecule has 1 saturated carbocycles. The topological polar surface area (TPSA) is 67.2 Å². The van der Waals surface area contributed by atoms with Crippen molar-refractivity contribution in [2.24, 2.45) is 5.92 Å². The predicted molar refractivity (Wildman–Crippen MR) is 83.7 cm³/mol. The number of amides is 2. The van der Waals surface area contributed by atoms with E-state index < -0.39 is 0 Å². The van der Waals surface area contributed by atoms with E-state index in [1.165, 1.54) is 32.1 Å². The number of nitrogens with two attached hydrogens (primary N) is 1. The van der Waals surface area contributed by atoms with Gasteiger partial charge in [0.1, 0.15) is 0 Å². The molecule has 20 heavy (non-hydrogen) atoms. The average Bonchev–Trinajstić information content (AvgIpc) is 2.48. The molecule has 0 spiro atoms. The molecule has 0 saturated heterocycles. The van der Waals surface area contributed by atoms with E-state index in [1.54, 1.807) is 12.1 Å². The van der Waals surface area contributed by atoms with Crippen LogP contribution in [0.2, 0.25) is 0 Å². The van der Waals surface area contributed by atoms with Gasteiger partial charge >= 0.3 is 6.03 Å². The Labute approximate surface area is 121 Å². The summed E-state index contributed by atoms with van der Waals surface area (Å²) in [6, 6.07) is 7.37. The molecule has 0 aromatic heterocycles. The summed E-state index contributed by atoms with van der Waals surface area (Å²) in [7, 11) is 0. The van der Waals surface area contributed by atoms with E-state index in [9.17, 15) is 4.79 Å². The van der Waals surface area contributed by atoms with Crippen molar-refractivity contribution in [2.45, 2.75) is 51.5 Å². The Bertz CT molecular complexity index is 424. The summed E-state index contributed by atoms with van der Waals surface area (Å²) >= 11 is 0. The van der Waals surface area contributed by atoms with Crippen LogP contribution in [0.1, 0.15) is 45.4 Å². The van der Waals surface area contributed by atoms with E-state index in [2.05, 4.69) is 17.6 Å². The fraction of sp³-hybridized carbons (Fsp3) is 0.562. The van der Waals surface area contributed by atoms with Gasteiger partial charge in [0, 0.05) is 17.4 Å². The van der Waals surface area contributed by atoms with E-state index in [4.69, 9.17) is 5.73 Å². The minimum atomic E-state index is -0.118. The lowest BCUT2D eigenvalue weighted by Crippen LogP contribution is -2.42. The molecule has 1 aliphatic rings. The third-order valence-electron chi connectivity index (χ3n) is 4.14. The largest absolute Gasteiger partial charge is 0.399 e. The molecule has 0 bridgehead atoms. The van der Waals surface area contributed by atoms with Crippen LogP contribution in [0.3, 0.4) is 0 Å². The number of hydrogen-bond donors (Lipinski definition) is 3. The van der Waals surface area contributed by atoms with Crippen molar-refractivity contribution in [1.29, 1.82) is 0 Å². The monoisotopic (exact) mass is 275 g/mol. The summed E-state index contributed by atoms with van der Waals surface area (Å²) in [5, 5.41) is 5.99. The third-order valence-corrected chi connectivity index (χ3v) is 4.14. The van der Waals surface area contributed by atoms with Gasteiger partial charge in [0.15, 0.2) is 0 Å². The van der Waals surface area contributed by atoms with Crippen LogP contribution in [0, 0.1) is 5.92 Å². The van der Waals surface area contributed by atoms with Crippen LogP contribution in [0.4, 0.5) is 16.2 Å². The normalized spacial score (nSPS) is 17.4. The summed E-state index contributed by atoms with van der Waals surface area (Å²) < 4.78 is 0. The van der Waals surface area contributed by atoms with Gasteiger partial charge in [0.2, 0.25) is 0 Å². The van der Waals surface area contributed by atoms with E-state index in [0.717, 1.165) is 12.1 Å². The molecule has 4 heteroatoms. The lowest BCUT2D eigenvalue weighted by Gasteiger charge is -2.30. The number of hydrogen-bond acceptors (Lipinski definition) is 2. The smallest absolute Gasteiger partial charge is 0.319 e. The first-order valence-electron chi connectivity index (χ1n) is 7.62. The van der Waals surface area contributed by atoms with Gasteiger partial charge in [-0.15, -0.1) is 0 Å². The maximum atomic E-state index is 12.1. The number of rotatable bonds is 4. The number of urea groups is 1. The molecule has 0 heterocycles. The van der Waals surface area contributed by atoms with Gasteiger partial charge in [0.05, 0.1) is 0 Å². The first kappa shape index (κ1) is 14.7. The van der Waals surface area contributed by atoms with E-state index in [-0.39, 0.29) is 12.1 Å². The molecular weight excluding hydrogens is 250 g/mol. The average molecular weight is 275 g/mol. The van der Waals surface area contributed by atoms with Crippen molar-refractivity contribution in [3.05, 3.63) is 24.3 Å². The number of carbonyl (C=O) groups is 1. The number of benzene rings is 1.